The van der Waals surface area contributed by atoms with Gasteiger partial charge in [0.05, 0.1) is 12.3 Å². The van der Waals surface area contributed by atoms with Crippen molar-refractivity contribution < 1.29 is 14.4 Å². The van der Waals surface area contributed by atoms with Crippen LogP contribution in [0.3, 0.4) is 0 Å². The van der Waals surface area contributed by atoms with Crippen molar-refractivity contribution in [2.24, 2.45) is 5.16 Å². The number of oxime groups is 1. The first-order valence-electron chi connectivity index (χ1n) is 13.3. The quantitative estimate of drug-likeness (QED) is 0.410. The monoisotopic (exact) mass is 499 g/mol. The van der Waals surface area contributed by atoms with E-state index in [1.54, 1.807) is 12.4 Å². The molecule has 2 N–H and O–H groups in total. The van der Waals surface area contributed by atoms with Gasteiger partial charge in [0.1, 0.15) is 11.5 Å². The SMILES string of the molecule is O=C(CN1CCNCC1)N1CCC(c2cc(-c3ccncc3)c(-c3ccc4c(c3)CCC4=NO)o2)CC1. The van der Waals surface area contributed by atoms with E-state index in [2.05, 4.69) is 38.6 Å². The van der Waals surface area contributed by atoms with Gasteiger partial charge in [0.25, 0.3) is 0 Å². The number of fused-ring (bicyclic) bond motifs is 1. The number of nitrogens with zero attached hydrogens (tertiary/aromatic N) is 4. The standard InChI is InChI=1S/C29H33N5O3/c35-28(19-33-15-11-31-12-16-33)34-13-7-21(8-14-34)27-18-25(20-5-9-30-10-6-20)29(37-27)23-1-3-24-22(17-23)2-4-26(24)32-36/h1,3,5-6,9-10,17-18,21,31,36H,2,4,7-8,11-16,19H2. The number of benzene rings is 1. The number of nitrogens with one attached hydrogen (secondary N) is 1. The summed E-state index contributed by atoms with van der Waals surface area (Å²) < 4.78 is 6.61. The number of pyridine rings is 1. The second-order valence-corrected chi connectivity index (χ2v) is 10.2. The maximum atomic E-state index is 12.9. The highest BCUT2D eigenvalue weighted by molar-refractivity contribution is 6.04. The Balaban J connectivity index is 1.22. The third-order valence-electron chi connectivity index (χ3n) is 7.99. The Kier molecular flexibility index (Phi) is 6.76. The van der Waals surface area contributed by atoms with E-state index in [-0.39, 0.29) is 11.8 Å². The van der Waals surface area contributed by atoms with Crippen LogP contribution in [0.1, 0.15) is 42.1 Å². The molecule has 0 atom stereocenters. The van der Waals surface area contributed by atoms with Gasteiger partial charge in [0.2, 0.25) is 5.91 Å². The fraction of sp³-hybridized carbons (Fsp3) is 0.414. The van der Waals surface area contributed by atoms with E-state index in [1.807, 2.05) is 23.1 Å². The molecule has 2 saturated heterocycles. The molecule has 8 nitrogen and oxygen atoms in total. The molecule has 0 saturated carbocycles. The Morgan fingerprint density at radius 1 is 1.00 bits per heavy atom. The normalized spacial score (nSPS) is 19.9. The summed E-state index contributed by atoms with van der Waals surface area (Å²) in [5.41, 5.74) is 6.10. The molecule has 1 aromatic carbocycles. The minimum absolute atomic E-state index is 0.238. The summed E-state index contributed by atoms with van der Waals surface area (Å²) in [6, 6.07) is 12.5. The number of piperidine rings is 1. The lowest BCUT2D eigenvalue weighted by Crippen LogP contribution is -2.49. The maximum absolute atomic E-state index is 12.9. The number of hydrogen-bond donors (Lipinski definition) is 2. The fourth-order valence-corrected chi connectivity index (χ4v) is 5.86. The van der Waals surface area contributed by atoms with Gasteiger partial charge < -0.3 is 19.8 Å². The zero-order chi connectivity index (χ0) is 25.2. The second-order valence-electron chi connectivity index (χ2n) is 10.2. The van der Waals surface area contributed by atoms with E-state index in [1.165, 1.54) is 5.56 Å². The number of furan rings is 1. The molecule has 1 amide bonds. The third kappa shape index (κ3) is 4.91. The lowest BCUT2D eigenvalue weighted by atomic mass is 9.93. The molecule has 0 unspecified atom stereocenters. The van der Waals surface area contributed by atoms with E-state index in [0.29, 0.717) is 6.54 Å². The minimum atomic E-state index is 0.238. The highest BCUT2D eigenvalue weighted by Gasteiger charge is 2.29. The summed E-state index contributed by atoms with van der Waals surface area (Å²) in [7, 11) is 0. The van der Waals surface area contributed by atoms with Gasteiger partial charge in [-0.1, -0.05) is 17.3 Å². The molecule has 0 spiro atoms. The van der Waals surface area contributed by atoms with Gasteiger partial charge in [0.15, 0.2) is 0 Å². The third-order valence-corrected chi connectivity index (χ3v) is 7.99. The van der Waals surface area contributed by atoms with Crippen molar-refractivity contribution in [3.8, 4) is 22.5 Å². The number of hydrogen-bond acceptors (Lipinski definition) is 7. The average molecular weight is 500 g/mol. The largest absolute Gasteiger partial charge is 0.460 e. The number of carbonyl (C=O) groups excluding carboxylic acids is 1. The van der Waals surface area contributed by atoms with E-state index in [0.717, 1.165) is 104 Å². The van der Waals surface area contributed by atoms with Crippen LogP contribution in [-0.4, -0.2) is 77.4 Å². The highest BCUT2D eigenvalue weighted by atomic mass is 16.4. The first-order chi connectivity index (χ1) is 18.2. The van der Waals surface area contributed by atoms with Crippen LogP contribution in [0.4, 0.5) is 0 Å². The Morgan fingerprint density at radius 3 is 2.54 bits per heavy atom. The number of piperazine rings is 1. The molecular weight excluding hydrogens is 466 g/mol. The van der Waals surface area contributed by atoms with Crippen molar-refractivity contribution in [3.63, 3.8) is 0 Å². The molecule has 6 rings (SSSR count). The zero-order valence-corrected chi connectivity index (χ0v) is 21.0. The van der Waals surface area contributed by atoms with Crippen LogP contribution in [0, 0.1) is 0 Å². The molecule has 2 aliphatic heterocycles. The predicted molar refractivity (Wildman–Crippen MR) is 142 cm³/mol. The molecule has 2 fully saturated rings. The molecule has 4 heterocycles. The number of amides is 1. The van der Waals surface area contributed by atoms with Crippen LogP contribution in [0.15, 0.2) is 58.4 Å². The smallest absolute Gasteiger partial charge is 0.236 e. The molecule has 2 aromatic heterocycles. The summed E-state index contributed by atoms with van der Waals surface area (Å²) in [5.74, 6) is 2.35. The van der Waals surface area contributed by atoms with Crippen molar-refractivity contribution in [1.82, 2.24) is 20.1 Å². The lowest BCUT2D eigenvalue weighted by molar-refractivity contribution is -0.133. The van der Waals surface area contributed by atoms with Crippen molar-refractivity contribution in [2.45, 2.75) is 31.6 Å². The number of carbonyl (C=O) groups is 1. The van der Waals surface area contributed by atoms with Crippen LogP contribution < -0.4 is 5.32 Å². The van der Waals surface area contributed by atoms with E-state index >= 15 is 0 Å². The Hall–Kier alpha value is -3.49. The summed E-state index contributed by atoms with van der Waals surface area (Å²) in [6.45, 7) is 5.83. The van der Waals surface area contributed by atoms with E-state index < -0.39 is 0 Å². The molecule has 37 heavy (non-hydrogen) atoms. The molecule has 1 aliphatic carbocycles. The number of likely N-dealkylation sites (tertiary alicyclic amines) is 1. The van der Waals surface area contributed by atoms with Crippen LogP contribution in [0.25, 0.3) is 22.5 Å². The fourth-order valence-electron chi connectivity index (χ4n) is 5.86. The Morgan fingerprint density at radius 2 is 1.78 bits per heavy atom. The van der Waals surface area contributed by atoms with Gasteiger partial charge in [-0.2, -0.15) is 0 Å². The highest BCUT2D eigenvalue weighted by Crippen LogP contribution is 2.41. The minimum Gasteiger partial charge on any atom is -0.460 e. The van der Waals surface area contributed by atoms with Gasteiger partial charge in [-0.15, -0.1) is 0 Å². The Labute approximate surface area is 217 Å². The molecule has 3 aliphatic rings. The van der Waals surface area contributed by atoms with Crippen LogP contribution >= 0.6 is 0 Å². The van der Waals surface area contributed by atoms with Crippen LogP contribution in [-0.2, 0) is 11.2 Å². The second kappa shape index (κ2) is 10.5. The van der Waals surface area contributed by atoms with Crippen molar-refractivity contribution in [2.75, 3.05) is 45.8 Å². The average Bonchev–Trinajstić information content (AvgIpc) is 3.58. The molecule has 3 aromatic rings. The van der Waals surface area contributed by atoms with E-state index in [4.69, 9.17) is 4.42 Å². The number of aromatic nitrogens is 1. The molecular formula is C29H33N5O3. The van der Waals surface area contributed by atoms with Gasteiger partial charge in [-0.05, 0) is 61.1 Å². The van der Waals surface area contributed by atoms with Crippen LogP contribution in [0.5, 0.6) is 0 Å². The Bertz CT molecular complexity index is 1290. The van der Waals surface area contributed by atoms with Gasteiger partial charge >= 0.3 is 0 Å². The van der Waals surface area contributed by atoms with Gasteiger partial charge in [-0.25, -0.2) is 0 Å². The number of rotatable bonds is 5. The molecule has 0 bridgehead atoms. The molecule has 8 heteroatoms. The van der Waals surface area contributed by atoms with E-state index in [9.17, 15) is 10.0 Å². The van der Waals surface area contributed by atoms with Crippen molar-refractivity contribution in [1.29, 1.82) is 0 Å². The summed E-state index contributed by atoms with van der Waals surface area (Å²) in [5, 5.41) is 16.1. The predicted octanol–water partition coefficient (Wildman–Crippen LogP) is 3.74. The maximum Gasteiger partial charge on any atom is 0.236 e. The molecule has 192 valence electrons. The van der Waals surface area contributed by atoms with Crippen molar-refractivity contribution in [3.05, 3.63) is 65.7 Å². The number of aryl methyl sites for hydroxylation is 1. The zero-order valence-electron chi connectivity index (χ0n) is 21.0. The first kappa shape index (κ1) is 23.9. The summed E-state index contributed by atoms with van der Waals surface area (Å²) in [6.07, 6.45) is 7.03. The first-order valence-corrected chi connectivity index (χ1v) is 13.3. The van der Waals surface area contributed by atoms with Crippen LogP contribution in [0.2, 0.25) is 0 Å². The lowest BCUT2D eigenvalue weighted by Gasteiger charge is -2.34. The summed E-state index contributed by atoms with van der Waals surface area (Å²) >= 11 is 0. The topological polar surface area (TPSA) is 94.2 Å². The molecule has 0 radical (unpaired) electrons. The van der Waals surface area contributed by atoms with Crippen molar-refractivity contribution >= 4 is 11.6 Å². The van der Waals surface area contributed by atoms with Gasteiger partial charge in [-0.3, -0.25) is 14.7 Å². The van der Waals surface area contributed by atoms with Gasteiger partial charge in [0, 0.05) is 74.3 Å². The summed E-state index contributed by atoms with van der Waals surface area (Å²) in [4.78, 5) is 21.3.